The highest BCUT2D eigenvalue weighted by Gasteiger charge is 2.70. The predicted octanol–water partition coefficient (Wildman–Crippen LogP) is 0.612. The van der Waals surface area contributed by atoms with Crippen LogP contribution in [0.5, 0.6) is 0 Å². The highest BCUT2D eigenvalue weighted by Crippen LogP contribution is 2.76. The van der Waals surface area contributed by atoms with Crippen molar-refractivity contribution in [1.29, 1.82) is 0 Å². The van der Waals surface area contributed by atoms with Gasteiger partial charge in [-0.2, -0.15) is 0 Å². The minimum atomic E-state index is -1.76. The predicted molar refractivity (Wildman–Crippen MR) is 230 cm³/mol. The monoisotopic (exact) mass is 929 g/mol. The zero-order chi connectivity index (χ0) is 47.6. The molecule has 11 N–H and O–H groups in total. The molecule has 65 heavy (non-hydrogen) atoms. The fourth-order valence-corrected chi connectivity index (χ4v) is 15.1. The van der Waals surface area contributed by atoms with Crippen molar-refractivity contribution in [2.24, 2.45) is 50.2 Å². The number of aliphatic hydroxyl groups is 11. The third-order valence-electron chi connectivity index (χ3n) is 19.4. The number of hydrogen-bond acceptors (Lipinski definition) is 17. The van der Waals surface area contributed by atoms with E-state index in [0.717, 1.165) is 44.9 Å². The molecule has 0 radical (unpaired) electrons. The molecule has 8 rings (SSSR count). The van der Waals surface area contributed by atoms with Crippen molar-refractivity contribution in [3.63, 3.8) is 0 Å². The SMILES string of the molecule is C[C@@H]1O[C@@H](O[C@H]2[C@H](O)[C@@H](O)[C@H](O[C@H]3CC[C@]4(C)[C@H]5CC=C6[C@@H]7CC(C)(C)CC[C@]7(CO)[C@@H](O)C[C@@]6(C)[C@]5(C)CC[C@H]4C3(C)C)O[C@@H]2CO[C@@H]2O[C@H](CO)[C@@H](O)[C@H](O)[C@H]2O)[C@H](O)[C@H](O)[C@H]1O. The minimum Gasteiger partial charge on any atom is -0.396 e. The molecule has 3 heterocycles. The van der Waals surface area contributed by atoms with Crippen LogP contribution >= 0.6 is 0 Å². The molecule has 3 saturated heterocycles. The summed E-state index contributed by atoms with van der Waals surface area (Å²) in [6, 6.07) is 0. The molecular weight excluding hydrogens is 849 g/mol. The Labute approximate surface area is 383 Å². The van der Waals surface area contributed by atoms with Gasteiger partial charge >= 0.3 is 0 Å². The van der Waals surface area contributed by atoms with E-state index in [1.54, 1.807) is 0 Å². The summed E-state index contributed by atoms with van der Waals surface area (Å²) >= 11 is 0. The van der Waals surface area contributed by atoms with Crippen LogP contribution in [0.4, 0.5) is 0 Å². The Morgan fingerprint density at radius 3 is 1.94 bits per heavy atom. The molecule has 5 aliphatic carbocycles. The molecule has 8 aliphatic rings. The molecule has 0 amide bonds. The summed E-state index contributed by atoms with van der Waals surface area (Å²) in [5.41, 5.74) is 0.0788. The summed E-state index contributed by atoms with van der Waals surface area (Å²) in [5.74, 6) is 0.601. The minimum absolute atomic E-state index is 0.0134. The summed E-state index contributed by atoms with van der Waals surface area (Å²) in [6.45, 7) is 16.5. The van der Waals surface area contributed by atoms with Gasteiger partial charge < -0.3 is 84.6 Å². The topological polar surface area (TPSA) is 278 Å². The van der Waals surface area contributed by atoms with E-state index in [1.165, 1.54) is 12.5 Å². The lowest BCUT2D eigenvalue weighted by molar-refractivity contribution is -0.373. The van der Waals surface area contributed by atoms with Crippen LogP contribution in [-0.2, 0) is 28.4 Å². The van der Waals surface area contributed by atoms with E-state index >= 15 is 0 Å². The highest BCUT2D eigenvalue weighted by atomic mass is 16.8. The van der Waals surface area contributed by atoms with Crippen LogP contribution in [0, 0.1) is 50.2 Å². The molecule has 24 atom stereocenters. The Hall–Kier alpha value is -0.940. The van der Waals surface area contributed by atoms with Gasteiger partial charge in [-0.1, -0.05) is 60.1 Å². The number of rotatable bonds is 9. The van der Waals surface area contributed by atoms with E-state index in [4.69, 9.17) is 28.4 Å². The number of fused-ring (bicyclic) bond motifs is 7. The van der Waals surface area contributed by atoms with Crippen molar-refractivity contribution in [2.45, 2.75) is 218 Å². The Balaban J connectivity index is 1.03. The van der Waals surface area contributed by atoms with Crippen LogP contribution in [0.1, 0.15) is 113 Å². The average Bonchev–Trinajstić information content (AvgIpc) is 3.24. The number of allylic oxidation sites excluding steroid dienone is 2. The van der Waals surface area contributed by atoms with Gasteiger partial charge in [0, 0.05) is 5.41 Å². The molecule has 0 unspecified atom stereocenters. The Bertz CT molecular complexity index is 1730. The molecule has 0 spiro atoms. The first-order chi connectivity index (χ1) is 30.3. The summed E-state index contributed by atoms with van der Waals surface area (Å²) < 4.78 is 36.3. The molecule has 0 bridgehead atoms. The highest BCUT2D eigenvalue weighted by molar-refractivity contribution is 5.35. The van der Waals surface area contributed by atoms with Crippen molar-refractivity contribution in [3.05, 3.63) is 11.6 Å². The van der Waals surface area contributed by atoms with Crippen molar-refractivity contribution >= 4 is 0 Å². The average molecular weight is 929 g/mol. The maximum Gasteiger partial charge on any atom is 0.187 e. The first-order valence-corrected chi connectivity index (χ1v) is 24.3. The zero-order valence-electron chi connectivity index (χ0n) is 39.5. The van der Waals surface area contributed by atoms with Gasteiger partial charge in [0.05, 0.1) is 38.1 Å². The largest absolute Gasteiger partial charge is 0.396 e. The molecule has 0 aromatic rings. The van der Waals surface area contributed by atoms with Crippen molar-refractivity contribution in [1.82, 2.24) is 0 Å². The Kier molecular flexibility index (Phi) is 13.8. The number of hydrogen-bond donors (Lipinski definition) is 11. The van der Waals surface area contributed by atoms with Crippen molar-refractivity contribution in [3.8, 4) is 0 Å². The van der Waals surface area contributed by atoms with Gasteiger partial charge in [0.25, 0.3) is 0 Å². The maximum absolute atomic E-state index is 12.1. The first-order valence-electron chi connectivity index (χ1n) is 24.3. The first kappa shape index (κ1) is 50.4. The van der Waals surface area contributed by atoms with Crippen LogP contribution in [0.25, 0.3) is 0 Å². The van der Waals surface area contributed by atoms with E-state index in [2.05, 4.69) is 54.5 Å². The van der Waals surface area contributed by atoms with Crippen LogP contribution in [0.15, 0.2) is 11.6 Å². The smallest absolute Gasteiger partial charge is 0.187 e. The van der Waals surface area contributed by atoms with Gasteiger partial charge in [-0.05, 0) is 110 Å². The normalized spacial score (nSPS) is 55.2. The quantitative estimate of drug-likeness (QED) is 0.112. The summed E-state index contributed by atoms with van der Waals surface area (Å²) in [4.78, 5) is 0. The van der Waals surface area contributed by atoms with Gasteiger partial charge in [0.1, 0.15) is 67.1 Å². The fourth-order valence-electron chi connectivity index (χ4n) is 15.1. The van der Waals surface area contributed by atoms with Crippen LogP contribution in [0.3, 0.4) is 0 Å². The fraction of sp³-hybridized carbons (Fsp3) is 0.958. The molecule has 3 aliphatic heterocycles. The third kappa shape index (κ3) is 7.94. The lowest BCUT2D eigenvalue weighted by atomic mass is 9.33. The molecular formula is C48H80O17. The molecule has 7 fully saturated rings. The standard InChI is InChI=1S/C48H80O17/c1-22-31(52)33(54)37(58)41(61-22)65-39-26(20-60-40-36(57)34(55)32(53)25(19-49)62-40)63-42(38(59)35(39)56)64-30-12-13-45(6)27(44(30,4)5)11-14-46(7)28(45)10-9-23-24-17-43(2,3)15-16-48(24,21-50)29(51)18-47(23,46)8/h9,22,24-42,49-59H,10-21H2,1-8H3/t22-,24-,25+,26+,27-,28+,29-,30-,31-,32+,33+,34-,35+,36+,37+,38+,39+,40+,41-,42-,45-,46+,47+,48+/m0/s1. The van der Waals surface area contributed by atoms with E-state index in [9.17, 15) is 56.2 Å². The van der Waals surface area contributed by atoms with E-state index in [1.807, 2.05) is 0 Å². The van der Waals surface area contributed by atoms with E-state index < -0.39 is 128 Å². The second kappa shape index (κ2) is 17.7. The van der Waals surface area contributed by atoms with Crippen LogP contribution in [-0.4, -0.2) is 180 Å². The summed E-state index contributed by atoms with van der Waals surface area (Å²) in [5, 5.41) is 119. The molecule has 17 heteroatoms. The van der Waals surface area contributed by atoms with Crippen molar-refractivity contribution in [2.75, 3.05) is 19.8 Å². The zero-order valence-corrected chi connectivity index (χ0v) is 39.5. The van der Waals surface area contributed by atoms with E-state index in [-0.39, 0.29) is 40.1 Å². The summed E-state index contributed by atoms with van der Waals surface area (Å²) in [6.07, 6.45) is -14.1. The van der Waals surface area contributed by atoms with Gasteiger partial charge in [-0.15, -0.1) is 0 Å². The lowest BCUT2D eigenvalue weighted by Crippen LogP contribution is -2.67. The number of ether oxygens (including phenoxy) is 6. The Morgan fingerprint density at radius 2 is 1.26 bits per heavy atom. The molecule has 4 saturated carbocycles. The maximum atomic E-state index is 12.1. The van der Waals surface area contributed by atoms with Gasteiger partial charge in [0.15, 0.2) is 18.9 Å². The molecule has 17 nitrogen and oxygen atoms in total. The second-order valence-corrected chi connectivity index (χ2v) is 23.6. The molecule has 374 valence electrons. The Morgan fingerprint density at radius 1 is 0.631 bits per heavy atom. The second-order valence-electron chi connectivity index (χ2n) is 23.6. The van der Waals surface area contributed by atoms with Gasteiger partial charge in [0.2, 0.25) is 0 Å². The number of aliphatic hydroxyl groups excluding tert-OH is 11. The molecule has 0 aromatic heterocycles. The van der Waals surface area contributed by atoms with Gasteiger partial charge in [-0.25, -0.2) is 0 Å². The van der Waals surface area contributed by atoms with Crippen LogP contribution < -0.4 is 0 Å². The molecule has 0 aromatic carbocycles. The van der Waals surface area contributed by atoms with E-state index in [0.29, 0.717) is 18.8 Å². The van der Waals surface area contributed by atoms with Crippen molar-refractivity contribution < 1.29 is 84.6 Å². The summed E-state index contributed by atoms with van der Waals surface area (Å²) in [7, 11) is 0. The lowest BCUT2D eigenvalue weighted by Gasteiger charge is -2.72. The third-order valence-corrected chi connectivity index (χ3v) is 19.4. The van der Waals surface area contributed by atoms with Gasteiger partial charge in [-0.3, -0.25) is 0 Å². The van der Waals surface area contributed by atoms with Crippen LogP contribution in [0.2, 0.25) is 0 Å².